The van der Waals surface area contributed by atoms with E-state index < -0.39 is 5.60 Å². The van der Waals surface area contributed by atoms with Gasteiger partial charge in [-0.2, -0.15) is 4.98 Å². The number of thioether (sulfide) groups is 1. The summed E-state index contributed by atoms with van der Waals surface area (Å²) in [5.74, 6) is 1.97. The Labute approximate surface area is 184 Å². The number of hydrogen-bond acceptors (Lipinski definition) is 8. The van der Waals surface area contributed by atoms with Crippen LogP contribution in [0.1, 0.15) is 33.6 Å². The van der Waals surface area contributed by atoms with Crippen molar-refractivity contribution in [3.8, 4) is 5.88 Å². The molecular weight excluding hydrogens is 418 g/mol. The lowest BCUT2D eigenvalue weighted by Crippen LogP contribution is -2.57. The maximum Gasteiger partial charge on any atom is 0.410 e. The number of amides is 1. The summed E-state index contributed by atoms with van der Waals surface area (Å²) in [5, 5.41) is 0.854. The van der Waals surface area contributed by atoms with Crippen molar-refractivity contribution in [1.29, 1.82) is 0 Å². The highest BCUT2D eigenvalue weighted by Gasteiger charge is 2.45. The Morgan fingerprint density at radius 3 is 2.58 bits per heavy atom. The number of methoxy groups -OCH3 is 1. The first-order valence-electron chi connectivity index (χ1n) is 10.6. The fourth-order valence-corrected chi connectivity index (χ4v) is 5.95. The van der Waals surface area contributed by atoms with Crippen LogP contribution in [0, 0.1) is 0 Å². The summed E-state index contributed by atoms with van der Waals surface area (Å²) in [6, 6.07) is 0.0849. The normalized spacial score (nSPS) is 22.7. The van der Waals surface area contributed by atoms with E-state index in [1.165, 1.54) is 0 Å². The third kappa shape index (κ3) is 3.40. The van der Waals surface area contributed by atoms with Crippen LogP contribution in [0.5, 0.6) is 5.88 Å². The molecule has 3 aliphatic rings. The molecule has 0 radical (unpaired) electrons. The van der Waals surface area contributed by atoms with Gasteiger partial charge in [0.05, 0.1) is 35.0 Å². The van der Waals surface area contributed by atoms with Crippen LogP contribution in [0.2, 0.25) is 0 Å². The Morgan fingerprint density at radius 2 is 1.94 bits per heavy atom. The lowest BCUT2D eigenvalue weighted by atomic mass is 10.1. The monoisotopic (exact) mass is 445 g/mol. The van der Waals surface area contributed by atoms with Gasteiger partial charge in [-0.05, 0) is 33.6 Å². The molecule has 2 fully saturated rings. The highest BCUT2D eigenvalue weighted by Crippen LogP contribution is 2.41. The van der Waals surface area contributed by atoms with E-state index >= 15 is 0 Å². The molecule has 2 saturated heterocycles. The van der Waals surface area contributed by atoms with Gasteiger partial charge in [-0.15, -0.1) is 11.8 Å². The van der Waals surface area contributed by atoms with Crippen molar-refractivity contribution >= 4 is 34.6 Å². The molecule has 0 N–H and O–H groups in total. The number of hydrogen-bond donors (Lipinski definition) is 0. The Hall–Kier alpha value is -2.49. The second-order valence-electron chi connectivity index (χ2n) is 9.25. The minimum atomic E-state index is -0.525. The summed E-state index contributed by atoms with van der Waals surface area (Å²) < 4.78 is 12.8. The van der Waals surface area contributed by atoms with Crippen molar-refractivity contribution in [1.82, 2.24) is 19.4 Å². The highest BCUT2D eigenvalue weighted by molar-refractivity contribution is 7.99. The Balaban J connectivity index is 1.52. The number of nitrogens with zero attached hydrogens (tertiary/aromatic N) is 5. The largest absolute Gasteiger partial charge is 0.480 e. The molecule has 3 aliphatic heterocycles. The van der Waals surface area contributed by atoms with Gasteiger partial charge < -0.3 is 14.4 Å². The van der Waals surface area contributed by atoms with Gasteiger partial charge in [-0.1, -0.05) is 0 Å². The van der Waals surface area contributed by atoms with E-state index in [-0.39, 0.29) is 23.9 Å². The fraction of sp³-hybridized carbons (Fsp3) is 0.619. The van der Waals surface area contributed by atoms with E-state index in [4.69, 9.17) is 9.47 Å². The SMILES string of the molecule is COc1ncc2c(N3CC4CCC(C3)N4C(=O)OC(C)(C)C)nc(=O)n3c2c1SCC3. The first-order valence-corrected chi connectivity index (χ1v) is 11.6. The smallest absolute Gasteiger partial charge is 0.410 e. The van der Waals surface area contributed by atoms with Gasteiger partial charge in [-0.25, -0.2) is 14.6 Å². The van der Waals surface area contributed by atoms with Gasteiger partial charge in [-0.3, -0.25) is 9.47 Å². The molecule has 10 heteroatoms. The molecule has 2 bridgehead atoms. The second-order valence-corrected chi connectivity index (χ2v) is 10.4. The van der Waals surface area contributed by atoms with Crippen LogP contribution in [0.4, 0.5) is 10.6 Å². The number of pyridine rings is 1. The summed E-state index contributed by atoms with van der Waals surface area (Å²) in [5.41, 5.74) is 0.0712. The topological polar surface area (TPSA) is 89.8 Å². The number of ether oxygens (including phenoxy) is 2. The Kier molecular flexibility index (Phi) is 4.80. The van der Waals surface area contributed by atoms with Gasteiger partial charge in [0.2, 0.25) is 5.88 Å². The van der Waals surface area contributed by atoms with Crippen LogP contribution in [-0.2, 0) is 11.3 Å². The fourth-order valence-electron chi connectivity index (χ4n) is 4.86. The van der Waals surface area contributed by atoms with E-state index in [0.29, 0.717) is 31.3 Å². The molecule has 2 aromatic heterocycles. The molecule has 9 nitrogen and oxygen atoms in total. The highest BCUT2D eigenvalue weighted by atomic mass is 32.2. The number of rotatable bonds is 2. The summed E-state index contributed by atoms with van der Waals surface area (Å²) in [4.78, 5) is 39.5. The second kappa shape index (κ2) is 7.29. The Morgan fingerprint density at radius 1 is 1.23 bits per heavy atom. The number of carbonyl (C=O) groups is 1. The van der Waals surface area contributed by atoms with Gasteiger partial charge in [0, 0.05) is 31.6 Å². The molecule has 1 amide bonds. The first kappa shape index (κ1) is 20.4. The zero-order chi connectivity index (χ0) is 21.9. The van der Waals surface area contributed by atoms with Crippen molar-refractivity contribution in [2.24, 2.45) is 0 Å². The molecule has 2 unspecified atom stereocenters. The van der Waals surface area contributed by atoms with Gasteiger partial charge >= 0.3 is 11.8 Å². The number of piperazine rings is 1. The maximum absolute atomic E-state index is 12.9. The summed E-state index contributed by atoms with van der Waals surface area (Å²) in [7, 11) is 1.60. The quantitative estimate of drug-likeness (QED) is 0.697. The lowest BCUT2D eigenvalue weighted by molar-refractivity contribution is 0.0123. The number of anilines is 1. The van der Waals surface area contributed by atoms with Crippen molar-refractivity contribution in [2.75, 3.05) is 30.9 Å². The van der Waals surface area contributed by atoms with Crippen molar-refractivity contribution in [3.63, 3.8) is 0 Å². The van der Waals surface area contributed by atoms with E-state index in [2.05, 4.69) is 14.9 Å². The van der Waals surface area contributed by atoms with E-state index in [9.17, 15) is 9.59 Å². The standard InChI is InChI=1S/C21H27N5O4S/c1-21(2,3)30-20(28)26-12-5-6-13(26)11-24(10-12)17-14-9-22-18(29-4)16-15(14)25(7-8-31-16)19(27)23-17/h9,12-13H,5-8,10-11H2,1-4H3. The lowest BCUT2D eigenvalue weighted by Gasteiger charge is -2.42. The predicted octanol–water partition coefficient (Wildman–Crippen LogP) is 2.49. The van der Waals surface area contributed by atoms with E-state index in [0.717, 1.165) is 34.4 Å². The van der Waals surface area contributed by atoms with Gasteiger partial charge in [0.15, 0.2) is 0 Å². The minimum absolute atomic E-state index is 0.0424. The molecule has 2 atom stereocenters. The van der Waals surface area contributed by atoms with Gasteiger partial charge in [0.1, 0.15) is 11.4 Å². The van der Waals surface area contributed by atoms with Crippen LogP contribution < -0.4 is 15.3 Å². The van der Waals surface area contributed by atoms with Crippen LogP contribution in [0.25, 0.3) is 10.9 Å². The average molecular weight is 446 g/mol. The molecular formula is C21H27N5O4S. The third-order valence-electron chi connectivity index (χ3n) is 6.06. The summed E-state index contributed by atoms with van der Waals surface area (Å²) >= 11 is 1.66. The molecule has 0 aromatic carbocycles. The zero-order valence-corrected chi connectivity index (χ0v) is 19.1. The van der Waals surface area contributed by atoms with Gasteiger partial charge in [0.25, 0.3) is 0 Å². The molecule has 5 heterocycles. The number of aryl methyl sites for hydroxylation is 1. The van der Waals surface area contributed by atoms with Crippen LogP contribution in [0.3, 0.4) is 0 Å². The zero-order valence-electron chi connectivity index (χ0n) is 18.3. The average Bonchev–Trinajstić information content (AvgIpc) is 2.99. The summed E-state index contributed by atoms with van der Waals surface area (Å²) in [6.45, 7) is 7.51. The van der Waals surface area contributed by atoms with E-state index in [1.807, 2.05) is 25.7 Å². The van der Waals surface area contributed by atoms with Crippen molar-refractivity contribution in [2.45, 2.75) is 62.7 Å². The van der Waals surface area contributed by atoms with Crippen LogP contribution in [0.15, 0.2) is 15.9 Å². The minimum Gasteiger partial charge on any atom is -0.480 e. The third-order valence-corrected chi connectivity index (χ3v) is 7.10. The number of fused-ring (bicyclic) bond motifs is 2. The molecule has 2 aromatic rings. The molecule has 31 heavy (non-hydrogen) atoms. The van der Waals surface area contributed by atoms with Crippen LogP contribution >= 0.6 is 11.8 Å². The molecule has 0 spiro atoms. The summed E-state index contributed by atoms with van der Waals surface area (Å²) in [6.07, 6.45) is 3.34. The number of aromatic nitrogens is 3. The van der Waals surface area contributed by atoms with Crippen molar-refractivity contribution < 1.29 is 14.3 Å². The molecule has 5 rings (SSSR count). The Bertz CT molecular complexity index is 1100. The molecule has 0 aliphatic carbocycles. The van der Waals surface area contributed by atoms with Crippen LogP contribution in [-0.4, -0.2) is 69.2 Å². The number of carbonyl (C=O) groups excluding carboxylic acids is 1. The molecule has 166 valence electrons. The van der Waals surface area contributed by atoms with E-state index in [1.54, 1.807) is 29.6 Å². The first-order chi connectivity index (χ1) is 14.8. The predicted molar refractivity (Wildman–Crippen MR) is 118 cm³/mol. The maximum atomic E-state index is 12.9. The molecule has 0 saturated carbocycles. The van der Waals surface area contributed by atoms with Crippen molar-refractivity contribution in [3.05, 3.63) is 16.7 Å².